The molecule has 16 nitrogen and oxygen atoms in total. The van der Waals surface area contributed by atoms with E-state index in [1.807, 2.05) is 0 Å². The molecule has 0 aromatic rings. The number of carbonyl (C=O) groups is 7. The molecule has 3 amide bonds. The van der Waals surface area contributed by atoms with Gasteiger partial charge in [-0.15, -0.1) is 0 Å². The molecule has 0 radical (unpaired) electrons. The van der Waals surface area contributed by atoms with Gasteiger partial charge in [0, 0.05) is 27.7 Å². The van der Waals surface area contributed by atoms with Gasteiger partial charge in [-0.3, -0.25) is 24.0 Å². The highest BCUT2D eigenvalue weighted by molar-refractivity contribution is 5.94. The minimum absolute atomic E-state index is 0.522. The summed E-state index contributed by atoms with van der Waals surface area (Å²) in [6.45, 7) is 11.6. The first-order valence-electron chi connectivity index (χ1n) is 13.4. The van der Waals surface area contributed by atoms with Crippen molar-refractivity contribution in [2.45, 2.75) is 104 Å². The number of carboxylic acids is 1. The maximum Gasteiger partial charge on any atom is 0.408 e. The quantitative estimate of drug-likeness (QED) is 0.172. The fourth-order valence-corrected chi connectivity index (χ4v) is 3.99. The van der Waals surface area contributed by atoms with E-state index in [9.17, 15) is 38.7 Å². The van der Waals surface area contributed by atoms with Crippen LogP contribution < -0.4 is 16.0 Å². The molecule has 0 spiro atoms. The molecule has 0 aromatic carbocycles. The van der Waals surface area contributed by atoms with Crippen LogP contribution in [-0.4, -0.2) is 95.5 Å². The maximum atomic E-state index is 13.3. The average Bonchev–Trinajstić information content (AvgIpc) is 2.82. The van der Waals surface area contributed by atoms with E-state index in [1.54, 1.807) is 34.6 Å². The molecule has 0 unspecified atom stereocenters. The van der Waals surface area contributed by atoms with Gasteiger partial charge in [-0.25, -0.2) is 9.59 Å². The molecule has 0 saturated carbocycles. The van der Waals surface area contributed by atoms with Crippen molar-refractivity contribution in [1.29, 1.82) is 0 Å². The first-order valence-corrected chi connectivity index (χ1v) is 13.4. The van der Waals surface area contributed by atoms with Crippen LogP contribution in [0, 0.1) is 5.92 Å². The Morgan fingerprint density at radius 3 is 1.95 bits per heavy atom. The predicted molar refractivity (Wildman–Crippen MR) is 146 cm³/mol. The van der Waals surface area contributed by atoms with E-state index in [0.29, 0.717) is 0 Å². The third-order valence-electron chi connectivity index (χ3n) is 5.59. The zero-order valence-corrected chi connectivity index (χ0v) is 25.7. The van der Waals surface area contributed by atoms with Gasteiger partial charge in [0.05, 0.1) is 12.1 Å². The first kappa shape index (κ1) is 36.7. The minimum Gasteiger partial charge on any atom is -0.480 e. The smallest absolute Gasteiger partial charge is 0.408 e. The Morgan fingerprint density at radius 1 is 0.930 bits per heavy atom. The second-order valence-electron chi connectivity index (χ2n) is 11.1. The summed E-state index contributed by atoms with van der Waals surface area (Å²) < 4.78 is 26.9. The predicted octanol–water partition coefficient (Wildman–Crippen LogP) is 0.319. The third-order valence-corrected chi connectivity index (χ3v) is 5.59. The van der Waals surface area contributed by atoms with Crippen LogP contribution in [0.3, 0.4) is 0 Å². The Morgan fingerprint density at radius 2 is 1.51 bits per heavy atom. The minimum atomic E-state index is -1.64. The van der Waals surface area contributed by atoms with Crippen molar-refractivity contribution in [1.82, 2.24) is 16.0 Å². The maximum absolute atomic E-state index is 13.3. The van der Waals surface area contributed by atoms with Gasteiger partial charge >= 0.3 is 30.0 Å². The summed E-state index contributed by atoms with van der Waals surface area (Å²) in [5, 5.41) is 17.0. The molecular weight excluding hydrogens is 574 g/mol. The number of alkyl carbamates (subject to hydrolysis) is 1. The molecule has 0 bridgehead atoms. The number of ether oxygens (including phenoxy) is 5. The Kier molecular flexibility index (Phi) is 13.4. The van der Waals surface area contributed by atoms with Crippen molar-refractivity contribution in [2.75, 3.05) is 6.61 Å². The number of rotatable bonds is 12. The highest BCUT2D eigenvalue weighted by Crippen LogP contribution is 2.27. The lowest BCUT2D eigenvalue weighted by Gasteiger charge is -2.42. The van der Waals surface area contributed by atoms with Gasteiger partial charge in [0.2, 0.25) is 5.91 Å². The number of esters is 3. The molecule has 4 N–H and O–H groups in total. The fraction of sp³-hybridized carbons (Fsp3) is 0.667. The van der Waals surface area contributed by atoms with E-state index in [1.165, 1.54) is 0 Å². The lowest BCUT2D eigenvalue weighted by atomic mass is 9.91. The average molecular weight is 616 g/mol. The van der Waals surface area contributed by atoms with Crippen LogP contribution in [0.15, 0.2) is 11.8 Å². The largest absolute Gasteiger partial charge is 0.480 e. The zero-order chi connectivity index (χ0) is 33.2. The zero-order valence-electron chi connectivity index (χ0n) is 25.7. The monoisotopic (exact) mass is 615 g/mol. The number of nitrogens with one attached hydrogen (secondary N) is 3. The molecule has 1 rings (SSSR count). The summed E-state index contributed by atoms with van der Waals surface area (Å²) in [5.41, 5.74) is -0.946. The van der Waals surface area contributed by atoms with E-state index in [-0.39, 0.29) is 0 Å². The molecule has 242 valence electrons. The number of aliphatic carboxylic acids is 1. The van der Waals surface area contributed by atoms with E-state index < -0.39 is 102 Å². The van der Waals surface area contributed by atoms with Crippen molar-refractivity contribution >= 4 is 41.8 Å². The molecule has 6 atom stereocenters. The van der Waals surface area contributed by atoms with E-state index in [4.69, 9.17) is 23.7 Å². The van der Waals surface area contributed by atoms with E-state index in [0.717, 1.165) is 33.8 Å². The number of amides is 3. The van der Waals surface area contributed by atoms with Crippen molar-refractivity contribution in [2.24, 2.45) is 5.92 Å². The van der Waals surface area contributed by atoms with Gasteiger partial charge in [-0.05, 0) is 32.8 Å². The van der Waals surface area contributed by atoms with Crippen LogP contribution in [0.1, 0.15) is 62.3 Å². The highest BCUT2D eigenvalue weighted by Gasteiger charge is 2.48. The Bertz CT molecular complexity index is 1110. The molecule has 1 aliphatic heterocycles. The molecule has 1 heterocycles. The van der Waals surface area contributed by atoms with Crippen molar-refractivity contribution in [3.05, 3.63) is 11.8 Å². The van der Waals surface area contributed by atoms with Crippen LogP contribution in [0.5, 0.6) is 0 Å². The van der Waals surface area contributed by atoms with Gasteiger partial charge in [0.1, 0.15) is 18.2 Å². The van der Waals surface area contributed by atoms with Crippen molar-refractivity contribution < 1.29 is 62.4 Å². The Balaban J connectivity index is 3.79. The second-order valence-corrected chi connectivity index (χ2v) is 11.1. The molecule has 0 fully saturated rings. The van der Waals surface area contributed by atoms with Crippen LogP contribution in [0.25, 0.3) is 0 Å². The van der Waals surface area contributed by atoms with E-state index in [2.05, 4.69) is 16.0 Å². The summed E-state index contributed by atoms with van der Waals surface area (Å²) in [6, 6.07) is -3.94. The molecule has 16 heteroatoms. The second kappa shape index (κ2) is 15.7. The molecule has 1 aliphatic rings. The molecule has 0 saturated heterocycles. The summed E-state index contributed by atoms with van der Waals surface area (Å²) in [5.74, 6) is -6.58. The number of hydrogen-bond acceptors (Lipinski definition) is 12. The van der Waals surface area contributed by atoms with Crippen LogP contribution >= 0.6 is 0 Å². The molecule has 43 heavy (non-hydrogen) atoms. The van der Waals surface area contributed by atoms with Crippen molar-refractivity contribution in [3.8, 4) is 0 Å². The van der Waals surface area contributed by atoms with Gasteiger partial charge in [0.25, 0.3) is 5.91 Å². The van der Waals surface area contributed by atoms with Gasteiger partial charge in [-0.2, -0.15) is 0 Å². The third kappa shape index (κ3) is 12.6. The Labute approximate surface area is 249 Å². The van der Waals surface area contributed by atoms with E-state index >= 15 is 0 Å². The summed E-state index contributed by atoms with van der Waals surface area (Å²) in [7, 11) is 0. The lowest BCUT2D eigenvalue weighted by Crippen LogP contribution is -2.65. The lowest BCUT2D eigenvalue weighted by molar-refractivity contribution is -0.187. The number of carboxylic acid groups (broad SMARTS) is 1. The van der Waals surface area contributed by atoms with Gasteiger partial charge < -0.3 is 44.7 Å². The molecule has 0 aliphatic carbocycles. The Hall–Kier alpha value is -4.37. The van der Waals surface area contributed by atoms with Crippen LogP contribution in [-0.2, 0) is 52.5 Å². The molecular formula is C27H41N3O13. The first-order chi connectivity index (χ1) is 19.7. The summed E-state index contributed by atoms with van der Waals surface area (Å²) in [6.07, 6.45) is -4.58. The molecule has 0 aromatic heterocycles. The normalized spacial score (nSPS) is 20.1. The van der Waals surface area contributed by atoms with Crippen LogP contribution in [0.2, 0.25) is 0 Å². The SMILES string of the molecule is CC(=O)N[C@H]1[C@H]([C@H](OC(C)=O)[C@@H](COC(C)=O)OC(C)=O)OC(C(=O)N[C@H](C(=O)O)C(C)C)=C[C@@H]1NC(=O)OC(C)(C)C. The number of hydrogen-bond donors (Lipinski definition) is 4. The summed E-state index contributed by atoms with van der Waals surface area (Å²) in [4.78, 5) is 85.9. The van der Waals surface area contributed by atoms with Gasteiger partial charge in [-0.1, -0.05) is 13.8 Å². The standard InChI is InChI=1S/C27H41N3O13/c1-12(2)20(25(36)37)30-24(35)18-10-17(29-26(38)43-27(7,8)9)21(28-13(3)31)23(42-18)22(41-16(6)34)19(40-15(5)33)11-39-14(4)32/h10,12,17,19-23H,11H2,1-9H3,(H,28,31)(H,29,38)(H,30,35)(H,36,37)/t17-,19+,20-,21+,22+,23+/m0/s1. The topological polar surface area (TPSA) is 222 Å². The number of carbonyl (C=O) groups excluding carboxylic acids is 6. The fourth-order valence-electron chi connectivity index (χ4n) is 3.99. The van der Waals surface area contributed by atoms with Crippen LogP contribution in [0.4, 0.5) is 4.79 Å². The van der Waals surface area contributed by atoms with Crippen molar-refractivity contribution in [3.63, 3.8) is 0 Å². The summed E-state index contributed by atoms with van der Waals surface area (Å²) >= 11 is 0. The van der Waals surface area contributed by atoms with Gasteiger partial charge in [0.15, 0.2) is 24.1 Å². The highest BCUT2D eigenvalue weighted by atomic mass is 16.6.